The average molecular weight is 197 g/mol. The summed E-state index contributed by atoms with van der Waals surface area (Å²) in [7, 11) is 0. The van der Waals surface area contributed by atoms with E-state index < -0.39 is 5.37 Å². The Bertz CT molecular complexity index is 154. The molecule has 0 spiro atoms. The summed E-state index contributed by atoms with van der Waals surface area (Å²) in [6.45, 7) is 0.784. The van der Waals surface area contributed by atoms with Gasteiger partial charge in [-0.2, -0.15) is 0 Å². The van der Waals surface area contributed by atoms with Crippen molar-refractivity contribution in [3.05, 3.63) is 0 Å². The first-order chi connectivity index (χ1) is 5.20. The van der Waals surface area contributed by atoms with Gasteiger partial charge in [-0.1, -0.05) is 0 Å². The number of rotatable bonds is 1. The van der Waals surface area contributed by atoms with Crippen LogP contribution in [0.1, 0.15) is 19.3 Å². The molecule has 1 amide bonds. The Morgan fingerprint density at radius 1 is 1.55 bits per heavy atom. The molecule has 0 aliphatic carbocycles. The third kappa shape index (κ3) is 2.85. The highest BCUT2D eigenvalue weighted by molar-refractivity contribution is 6.62. The lowest BCUT2D eigenvalue weighted by Gasteiger charge is -2.30. The fourth-order valence-electron chi connectivity index (χ4n) is 1.13. The molecule has 1 saturated heterocycles. The SMILES string of the molecule is O=C(Cl)NN1CCCCC1Cl. The van der Waals surface area contributed by atoms with Crippen LogP contribution in [-0.4, -0.2) is 22.4 Å². The highest BCUT2D eigenvalue weighted by Crippen LogP contribution is 2.17. The van der Waals surface area contributed by atoms with Gasteiger partial charge in [-0.3, -0.25) is 10.2 Å². The van der Waals surface area contributed by atoms with Crippen LogP contribution in [0.3, 0.4) is 0 Å². The van der Waals surface area contributed by atoms with Crippen LogP contribution < -0.4 is 5.43 Å². The number of nitrogens with zero attached hydrogens (tertiary/aromatic N) is 1. The first-order valence-electron chi connectivity index (χ1n) is 3.57. The quantitative estimate of drug-likeness (QED) is 0.395. The summed E-state index contributed by atoms with van der Waals surface area (Å²) >= 11 is 11.0. The minimum atomic E-state index is -0.572. The lowest BCUT2D eigenvalue weighted by Crippen LogP contribution is -2.47. The largest absolute Gasteiger partial charge is 0.328 e. The van der Waals surface area contributed by atoms with Crippen molar-refractivity contribution in [1.82, 2.24) is 10.4 Å². The van der Waals surface area contributed by atoms with Crippen LogP contribution >= 0.6 is 23.2 Å². The molecule has 11 heavy (non-hydrogen) atoms. The molecule has 0 saturated carbocycles. The number of hydrogen-bond donors (Lipinski definition) is 1. The van der Waals surface area contributed by atoms with E-state index in [9.17, 15) is 4.79 Å². The summed E-state index contributed by atoms with van der Waals surface area (Å²) in [6, 6.07) is 0. The second-order valence-corrected chi connectivity index (χ2v) is 3.36. The van der Waals surface area contributed by atoms with Crippen LogP contribution in [0.2, 0.25) is 0 Å². The molecule has 3 nitrogen and oxygen atoms in total. The second-order valence-electron chi connectivity index (χ2n) is 2.51. The van der Waals surface area contributed by atoms with Crippen molar-refractivity contribution < 1.29 is 4.79 Å². The summed E-state index contributed by atoms with van der Waals surface area (Å²) in [5.41, 5.74) is 2.35. The van der Waals surface area contributed by atoms with Crippen LogP contribution in [0, 0.1) is 0 Å². The van der Waals surface area contributed by atoms with Crippen molar-refractivity contribution in [3.63, 3.8) is 0 Å². The third-order valence-corrected chi connectivity index (χ3v) is 2.20. The average Bonchev–Trinajstić information content (AvgIpc) is 1.93. The summed E-state index contributed by atoms with van der Waals surface area (Å²) < 4.78 is 0. The summed E-state index contributed by atoms with van der Waals surface area (Å²) in [6.07, 6.45) is 3.07. The highest BCUT2D eigenvalue weighted by Gasteiger charge is 2.20. The minimum absolute atomic E-state index is 0.105. The first kappa shape index (κ1) is 9.10. The summed E-state index contributed by atoms with van der Waals surface area (Å²) in [5.74, 6) is 0. The molecule has 1 N–H and O–H groups in total. The van der Waals surface area contributed by atoms with Crippen molar-refractivity contribution >= 4 is 28.6 Å². The number of hydrazine groups is 1. The molecule has 0 aromatic carbocycles. The van der Waals surface area contributed by atoms with E-state index in [1.165, 1.54) is 0 Å². The van der Waals surface area contributed by atoms with Gasteiger partial charge in [-0.25, -0.2) is 5.01 Å². The third-order valence-electron chi connectivity index (χ3n) is 1.66. The Morgan fingerprint density at radius 3 is 2.82 bits per heavy atom. The molecular weight excluding hydrogens is 187 g/mol. The highest BCUT2D eigenvalue weighted by atomic mass is 35.5. The predicted molar refractivity (Wildman–Crippen MR) is 44.6 cm³/mol. The molecule has 0 bridgehead atoms. The molecule has 0 aromatic rings. The summed E-state index contributed by atoms with van der Waals surface area (Å²) in [4.78, 5) is 10.4. The van der Waals surface area contributed by atoms with E-state index in [2.05, 4.69) is 5.43 Å². The summed E-state index contributed by atoms with van der Waals surface area (Å²) in [5, 5.41) is 1.10. The lowest BCUT2D eigenvalue weighted by molar-refractivity contribution is 0.147. The van der Waals surface area contributed by atoms with Crippen LogP contribution in [0.15, 0.2) is 0 Å². The molecule has 0 radical (unpaired) electrons. The number of piperidine rings is 1. The van der Waals surface area contributed by atoms with E-state index in [0.717, 1.165) is 25.8 Å². The van der Waals surface area contributed by atoms with Crippen molar-refractivity contribution in [2.24, 2.45) is 0 Å². The molecule has 1 fully saturated rings. The van der Waals surface area contributed by atoms with Gasteiger partial charge in [-0.05, 0) is 30.9 Å². The minimum Gasteiger partial charge on any atom is -0.274 e. The van der Waals surface area contributed by atoms with E-state index in [1.807, 2.05) is 0 Å². The topological polar surface area (TPSA) is 32.3 Å². The standard InChI is InChI=1S/C6H10Cl2N2O/c7-5-3-1-2-4-10(5)9-6(8)11/h5H,1-4H2,(H,9,11). The number of amides is 1. The fraction of sp³-hybridized carbons (Fsp3) is 0.833. The fourth-order valence-corrected chi connectivity index (χ4v) is 1.54. The van der Waals surface area contributed by atoms with Crippen molar-refractivity contribution in [2.75, 3.05) is 6.54 Å². The number of halogens is 2. The molecule has 1 aliphatic rings. The zero-order valence-electron chi connectivity index (χ0n) is 6.02. The van der Waals surface area contributed by atoms with Gasteiger partial charge in [0.25, 0.3) is 0 Å². The lowest BCUT2D eigenvalue weighted by atomic mass is 10.2. The van der Waals surface area contributed by atoms with Gasteiger partial charge in [-0.15, -0.1) is 11.6 Å². The van der Waals surface area contributed by atoms with E-state index in [-0.39, 0.29) is 5.50 Å². The van der Waals surface area contributed by atoms with Gasteiger partial charge in [0.2, 0.25) is 0 Å². The van der Waals surface area contributed by atoms with Gasteiger partial charge in [0.15, 0.2) is 0 Å². The maximum absolute atomic E-state index is 10.4. The molecule has 0 aromatic heterocycles. The van der Waals surface area contributed by atoms with Crippen molar-refractivity contribution in [3.8, 4) is 0 Å². The maximum atomic E-state index is 10.4. The van der Waals surface area contributed by atoms with Gasteiger partial charge in [0.1, 0.15) is 5.50 Å². The number of nitrogens with one attached hydrogen (secondary N) is 1. The van der Waals surface area contributed by atoms with Crippen LogP contribution in [0.4, 0.5) is 4.79 Å². The van der Waals surface area contributed by atoms with E-state index in [1.54, 1.807) is 5.01 Å². The Morgan fingerprint density at radius 2 is 2.27 bits per heavy atom. The monoisotopic (exact) mass is 196 g/mol. The zero-order chi connectivity index (χ0) is 8.27. The number of carbonyl (C=O) groups is 1. The Balaban J connectivity index is 2.35. The van der Waals surface area contributed by atoms with Gasteiger partial charge < -0.3 is 0 Å². The molecule has 1 rings (SSSR count). The Kier molecular flexibility index (Phi) is 3.43. The molecule has 1 atom stereocenters. The number of carbonyl (C=O) groups excluding carboxylic acids is 1. The van der Waals surface area contributed by atoms with E-state index >= 15 is 0 Å². The van der Waals surface area contributed by atoms with Gasteiger partial charge >= 0.3 is 5.37 Å². The molecule has 1 heterocycles. The Labute approximate surface area is 75.6 Å². The van der Waals surface area contributed by atoms with Gasteiger partial charge in [0.05, 0.1) is 0 Å². The molecule has 1 unspecified atom stereocenters. The molecule has 64 valence electrons. The van der Waals surface area contributed by atoms with Crippen molar-refractivity contribution in [2.45, 2.75) is 24.8 Å². The van der Waals surface area contributed by atoms with E-state index in [4.69, 9.17) is 23.2 Å². The molecular formula is C6H10Cl2N2O. The van der Waals surface area contributed by atoms with Crippen LogP contribution in [0.5, 0.6) is 0 Å². The predicted octanol–water partition coefficient (Wildman–Crippen LogP) is 1.90. The van der Waals surface area contributed by atoms with Gasteiger partial charge in [0, 0.05) is 6.54 Å². The molecule has 1 aliphatic heterocycles. The van der Waals surface area contributed by atoms with Crippen LogP contribution in [-0.2, 0) is 0 Å². The number of hydrogen-bond acceptors (Lipinski definition) is 2. The van der Waals surface area contributed by atoms with Crippen LogP contribution in [0.25, 0.3) is 0 Å². The first-order valence-corrected chi connectivity index (χ1v) is 4.38. The second kappa shape index (κ2) is 4.14. The smallest absolute Gasteiger partial charge is 0.274 e. The van der Waals surface area contributed by atoms with E-state index in [0.29, 0.717) is 0 Å². The number of alkyl halides is 1. The van der Waals surface area contributed by atoms with Crippen molar-refractivity contribution in [1.29, 1.82) is 0 Å². The Hall–Kier alpha value is 0.01000. The maximum Gasteiger partial charge on any atom is 0.328 e. The molecule has 5 heteroatoms. The normalized spacial score (nSPS) is 26.5. The zero-order valence-corrected chi connectivity index (χ0v) is 7.53.